The monoisotopic (exact) mass is 367 g/mol. The van der Waals surface area contributed by atoms with Crippen LogP contribution in [0.5, 0.6) is 0 Å². The van der Waals surface area contributed by atoms with Gasteiger partial charge >= 0.3 is 0 Å². The lowest BCUT2D eigenvalue weighted by Gasteiger charge is -2.17. The minimum atomic E-state index is -0.712. The number of pyridine rings is 1. The van der Waals surface area contributed by atoms with Gasteiger partial charge in [-0.25, -0.2) is 4.98 Å². The Morgan fingerprint density at radius 1 is 0.923 bits per heavy atom. The highest BCUT2D eigenvalue weighted by Crippen LogP contribution is 2.31. The lowest BCUT2D eigenvalue weighted by atomic mass is 9.96. The lowest BCUT2D eigenvalue weighted by molar-refractivity contribution is 0.0810. The summed E-state index contributed by atoms with van der Waals surface area (Å²) < 4.78 is 0. The van der Waals surface area contributed by atoms with E-state index in [0.29, 0.717) is 22.8 Å². The number of benzene rings is 2. The van der Waals surface area contributed by atoms with Crippen LogP contribution in [0.1, 0.15) is 19.4 Å². The highest BCUT2D eigenvalue weighted by atomic mass is 35.5. The number of nitrogens with zero attached hydrogens (tertiary/aromatic N) is 1. The van der Waals surface area contributed by atoms with E-state index < -0.39 is 5.60 Å². The highest BCUT2D eigenvalue weighted by Gasteiger charge is 2.13. The van der Waals surface area contributed by atoms with Crippen LogP contribution in [0.25, 0.3) is 22.4 Å². The van der Waals surface area contributed by atoms with Crippen molar-refractivity contribution in [3.63, 3.8) is 0 Å². The van der Waals surface area contributed by atoms with Crippen LogP contribution in [-0.4, -0.2) is 15.7 Å². The van der Waals surface area contributed by atoms with Gasteiger partial charge in [0, 0.05) is 12.0 Å². The van der Waals surface area contributed by atoms with Gasteiger partial charge in [-0.05, 0) is 36.6 Å². The predicted octanol–water partition coefficient (Wildman–Crippen LogP) is 4.55. The first kappa shape index (κ1) is 18.2. The number of aromatic nitrogens is 1. The Balaban J connectivity index is 1.85. The summed E-state index contributed by atoms with van der Waals surface area (Å²) >= 11 is 6.24. The van der Waals surface area contributed by atoms with E-state index in [9.17, 15) is 5.11 Å². The Labute approximate surface area is 158 Å². The number of hydrogen-bond acceptors (Lipinski definition) is 4. The van der Waals surface area contributed by atoms with Gasteiger partial charge in [-0.2, -0.15) is 0 Å². The van der Waals surface area contributed by atoms with Crippen molar-refractivity contribution in [2.24, 2.45) is 0 Å². The summed E-state index contributed by atoms with van der Waals surface area (Å²) in [6.07, 6.45) is 0.620. The first-order valence-corrected chi connectivity index (χ1v) is 8.74. The molecule has 1 heterocycles. The molecule has 0 aliphatic rings. The fourth-order valence-corrected chi connectivity index (χ4v) is 3.12. The largest absolute Gasteiger partial charge is 0.396 e. The lowest BCUT2D eigenvalue weighted by Crippen LogP contribution is -2.21. The van der Waals surface area contributed by atoms with Crippen molar-refractivity contribution in [1.82, 2.24) is 4.98 Å². The molecule has 0 bridgehead atoms. The maximum atomic E-state index is 9.92. The van der Waals surface area contributed by atoms with Gasteiger partial charge in [0.1, 0.15) is 5.82 Å². The topological polar surface area (TPSA) is 85.2 Å². The van der Waals surface area contributed by atoms with Crippen molar-refractivity contribution in [3.8, 4) is 22.4 Å². The summed E-state index contributed by atoms with van der Waals surface area (Å²) in [5.41, 5.74) is 16.0. The third-order valence-electron chi connectivity index (χ3n) is 4.12. The van der Waals surface area contributed by atoms with Crippen molar-refractivity contribution in [3.05, 3.63) is 65.2 Å². The van der Waals surface area contributed by atoms with Crippen LogP contribution in [0.2, 0.25) is 5.02 Å². The van der Waals surface area contributed by atoms with Gasteiger partial charge < -0.3 is 16.6 Å². The van der Waals surface area contributed by atoms with E-state index in [0.717, 1.165) is 22.3 Å². The molecular weight excluding hydrogens is 346 g/mol. The van der Waals surface area contributed by atoms with Gasteiger partial charge in [0.2, 0.25) is 0 Å². The first-order valence-electron chi connectivity index (χ1n) is 8.36. The molecule has 0 unspecified atom stereocenters. The van der Waals surface area contributed by atoms with Crippen molar-refractivity contribution in [2.75, 3.05) is 11.5 Å². The van der Waals surface area contributed by atoms with Crippen molar-refractivity contribution in [1.29, 1.82) is 0 Å². The predicted molar refractivity (Wildman–Crippen MR) is 109 cm³/mol. The fourth-order valence-electron chi connectivity index (χ4n) is 2.85. The molecule has 0 amide bonds. The Morgan fingerprint density at radius 2 is 1.42 bits per heavy atom. The molecule has 0 spiro atoms. The number of hydrogen-bond donors (Lipinski definition) is 3. The molecule has 1 aromatic heterocycles. The van der Waals surface area contributed by atoms with Crippen molar-refractivity contribution >= 4 is 23.1 Å². The molecule has 0 fully saturated rings. The molecule has 134 valence electrons. The Bertz CT molecular complexity index is 914. The molecule has 26 heavy (non-hydrogen) atoms. The average Bonchev–Trinajstić information content (AvgIpc) is 2.58. The van der Waals surface area contributed by atoms with Crippen LogP contribution in [0.15, 0.2) is 54.6 Å². The minimum absolute atomic E-state index is 0.274. The van der Waals surface area contributed by atoms with Gasteiger partial charge in [0.05, 0.1) is 22.0 Å². The Hall–Kier alpha value is -2.56. The SMILES string of the molecule is CC(C)(O)Cc1ccc(-c2ccc(-c3nc(N)c(N)cc3Cl)cc2)cc1. The third kappa shape index (κ3) is 4.15. The molecule has 0 radical (unpaired) electrons. The van der Waals surface area contributed by atoms with E-state index in [-0.39, 0.29) is 5.82 Å². The minimum Gasteiger partial charge on any atom is -0.396 e. The standard InChI is InChI=1S/C21H22ClN3O/c1-21(2,26)12-13-3-5-14(6-4-13)15-7-9-16(10-8-15)19-17(22)11-18(23)20(24)25-19/h3-11,26H,12,23H2,1-2H3,(H2,24,25). The number of halogens is 1. The third-order valence-corrected chi connectivity index (χ3v) is 4.41. The van der Waals surface area contributed by atoms with E-state index in [4.69, 9.17) is 23.1 Å². The van der Waals surface area contributed by atoms with Crippen LogP contribution < -0.4 is 11.5 Å². The molecule has 2 aromatic carbocycles. The molecule has 5 heteroatoms. The molecule has 0 aliphatic heterocycles. The number of aliphatic hydroxyl groups is 1. The molecule has 5 N–H and O–H groups in total. The maximum Gasteiger partial charge on any atom is 0.147 e. The Kier molecular flexibility index (Phi) is 4.90. The molecule has 3 aromatic rings. The van der Waals surface area contributed by atoms with Gasteiger partial charge in [0.15, 0.2) is 0 Å². The van der Waals surface area contributed by atoms with Crippen molar-refractivity contribution < 1.29 is 5.11 Å². The summed E-state index contributed by atoms with van der Waals surface area (Å²) in [6.45, 7) is 3.62. The van der Waals surface area contributed by atoms with E-state index >= 15 is 0 Å². The molecular formula is C21H22ClN3O. The summed E-state index contributed by atoms with van der Waals surface area (Å²) in [7, 11) is 0. The second-order valence-electron chi connectivity index (χ2n) is 7.06. The normalized spacial score (nSPS) is 11.5. The summed E-state index contributed by atoms with van der Waals surface area (Å²) in [5.74, 6) is 0.274. The molecule has 0 saturated carbocycles. The second kappa shape index (κ2) is 6.98. The van der Waals surface area contributed by atoms with Crippen LogP contribution >= 0.6 is 11.6 Å². The zero-order valence-electron chi connectivity index (χ0n) is 14.8. The van der Waals surface area contributed by atoms with E-state index in [1.54, 1.807) is 6.07 Å². The molecule has 0 atom stereocenters. The van der Waals surface area contributed by atoms with Crippen molar-refractivity contribution in [2.45, 2.75) is 25.9 Å². The van der Waals surface area contributed by atoms with Gasteiger partial charge in [-0.15, -0.1) is 0 Å². The van der Waals surface area contributed by atoms with E-state index in [1.807, 2.05) is 50.2 Å². The smallest absolute Gasteiger partial charge is 0.147 e. The average molecular weight is 368 g/mol. The summed E-state index contributed by atoms with van der Waals surface area (Å²) in [6, 6.07) is 17.8. The second-order valence-corrected chi connectivity index (χ2v) is 7.46. The zero-order valence-corrected chi connectivity index (χ0v) is 15.6. The highest BCUT2D eigenvalue weighted by molar-refractivity contribution is 6.33. The Morgan fingerprint density at radius 3 is 1.96 bits per heavy atom. The molecule has 4 nitrogen and oxygen atoms in total. The zero-order chi connectivity index (χ0) is 18.9. The van der Waals surface area contributed by atoms with E-state index in [2.05, 4.69) is 17.1 Å². The molecule has 0 saturated heterocycles. The molecule has 0 aliphatic carbocycles. The summed E-state index contributed by atoms with van der Waals surface area (Å²) in [5, 5.41) is 10.4. The number of nitrogen functional groups attached to an aromatic ring is 2. The first-order chi connectivity index (χ1) is 12.2. The van der Waals surface area contributed by atoms with Gasteiger partial charge in [-0.1, -0.05) is 60.1 Å². The maximum absolute atomic E-state index is 9.92. The van der Waals surface area contributed by atoms with Crippen LogP contribution in [0.4, 0.5) is 11.5 Å². The van der Waals surface area contributed by atoms with Crippen LogP contribution in [0, 0.1) is 0 Å². The van der Waals surface area contributed by atoms with Crippen LogP contribution in [0.3, 0.4) is 0 Å². The number of anilines is 2. The fraction of sp³-hybridized carbons (Fsp3) is 0.190. The van der Waals surface area contributed by atoms with E-state index in [1.165, 1.54) is 0 Å². The van der Waals surface area contributed by atoms with Gasteiger partial charge in [0.25, 0.3) is 0 Å². The number of nitrogens with two attached hydrogens (primary N) is 2. The summed E-state index contributed by atoms with van der Waals surface area (Å²) in [4.78, 5) is 4.29. The molecule has 3 rings (SSSR count). The number of rotatable bonds is 4. The quantitative estimate of drug-likeness (QED) is 0.631. The van der Waals surface area contributed by atoms with Gasteiger partial charge in [-0.3, -0.25) is 0 Å². The van der Waals surface area contributed by atoms with Crippen LogP contribution in [-0.2, 0) is 6.42 Å².